The first-order valence-electron chi connectivity index (χ1n) is 17.7. The normalized spacial score (nSPS) is 35.7. The summed E-state index contributed by atoms with van der Waals surface area (Å²) in [6, 6.07) is -1.22. The van der Waals surface area contributed by atoms with Crippen LogP contribution >= 0.6 is 7.82 Å². The number of carbonyl (C=O) groups is 2. The van der Waals surface area contributed by atoms with Crippen molar-refractivity contribution in [2.75, 3.05) is 34.0 Å². The van der Waals surface area contributed by atoms with Crippen LogP contribution in [0.5, 0.6) is 0 Å². The summed E-state index contributed by atoms with van der Waals surface area (Å²) in [6.07, 6.45) is 12.9. The van der Waals surface area contributed by atoms with Crippen LogP contribution in [0.2, 0.25) is 0 Å². The summed E-state index contributed by atoms with van der Waals surface area (Å²) in [5, 5.41) is 9.27. The third-order valence-corrected chi connectivity index (χ3v) is 13.6. The van der Waals surface area contributed by atoms with Gasteiger partial charge in [-0.15, -0.1) is 0 Å². The molecule has 11 nitrogen and oxygen atoms in total. The lowest BCUT2D eigenvalue weighted by Crippen LogP contribution is -2.51. The fraction of sp³-hybridized carbons (Fsp3) is 0.886. The number of allylic oxidation sites excluding steroid dienone is 1. The van der Waals surface area contributed by atoms with Gasteiger partial charge in [0.05, 0.1) is 25.7 Å². The van der Waals surface area contributed by atoms with E-state index in [0.717, 1.165) is 38.5 Å². The number of carbonyl (C=O) groups excluding carboxylic acids is 1. The summed E-state index contributed by atoms with van der Waals surface area (Å²) in [6.45, 7) is 8.64. The lowest BCUT2D eigenvalue weighted by Gasteiger charge is -2.58. The summed E-state index contributed by atoms with van der Waals surface area (Å²) in [7, 11) is -1.53. The second kappa shape index (κ2) is 16.1. The van der Waals surface area contributed by atoms with E-state index >= 15 is 0 Å². The van der Waals surface area contributed by atoms with E-state index in [2.05, 4.69) is 26.8 Å². The molecule has 0 spiro atoms. The SMILES string of the molecule is COCC(COP(=O)(O)OCC(N)C(=O)OC1CC[C@@]2(C)C(=CC[C@H]3[C@@H]4CC[C@H]([C@H](C)CCCC(C)C(=O)O)[C@@]4(C)CC[C@@H]32)C1)OC. The summed E-state index contributed by atoms with van der Waals surface area (Å²) in [4.78, 5) is 34.1. The van der Waals surface area contributed by atoms with E-state index in [1.54, 1.807) is 0 Å². The molecule has 12 heteroatoms. The molecule has 4 aliphatic carbocycles. The highest BCUT2D eigenvalue weighted by molar-refractivity contribution is 7.47. The Balaban J connectivity index is 1.29. The fourth-order valence-electron chi connectivity index (χ4n) is 9.85. The first kappa shape index (κ1) is 38.5. The van der Waals surface area contributed by atoms with Gasteiger partial charge >= 0.3 is 19.8 Å². The van der Waals surface area contributed by atoms with Gasteiger partial charge in [0.2, 0.25) is 0 Å². The number of nitrogens with two attached hydrogens (primary N) is 1. The predicted molar refractivity (Wildman–Crippen MR) is 177 cm³/mol. The average molecular weight is 686 g/mol. The zero-order chi connectivity index (χ0) is 34.6. The lowest BCUT2D eigenvalue weighted by atomic mass is 9.47. The standard InChI is InChI=1S/C35H60NO10P/c1-22(8-7-9-23(2)32(37)38)28-12-13-29-27-11-10-24-18-25(14-16-34(24,3)30(27)15-17-35(28,29)4)46-33(39)31(36)21-45-47(40,41)44-20-26(43-6)19-42-5/h10,22-23,25-31H,7-9,11-21,36H2,1-6H3,(H,37,38)(H,40,41)/t22-,23?,25?,26?,27+,28-,29+,30+,31?,34+,35-/m1/s1. The van der Waals surface area contributed by atoms with Crippen molar-refractivity contribution < 1.29 is 47.4 Å². The van der Waals surface area contributed by atoms with Gasteiger partial charge < -0.3 is 29.9 Å². The number of fused-ring (bicyclic) bond motifs is 5. The number of hydrogen-bond acceptors (Lipinski definition) is 9. The number of phosphoric ester groups is 1. The second-order valence-corrected chi connectivity index (χ2v) is 16.9. The Labute approximate surface area is 281 Å². The first-order valence-corrected chi connectivity index (χ1v) is 19.2. The summed E-state index contributed by atoms with van der Waals surface area (Å²) in [5.41, 5.74) is 7.82. The largest absolute Gasteiger partial charge is 0.481 e. The number of ether oxygens (including phenoxy) is 3. The first-order chi connectivity index (χ1) is 22.1. The number of carboxylic acids is 1. The minimum absolute atomic E-state index is 0.0960. The molecule has 0 amide bonds. The van der Waals surface area contributed by atoms with Crippen molar-refractivity contribution in [3.63, 3.8) is 0 Å². The Kier molecular flexibility index (Phi) is 13.2. The van der Waals surface area contributed by atoms with Crippen LogP contribution in [0.1, 0.15) is 98.3 Å². The molecule has 270 valence electrons. The Morgan fingerprint density at radius 2 is 1.74 bits per heavy atom. The molecule has 5 unspecified atom stereocenters. The van der Waals surface area contributed by atoms with E-state index in [1.807, 2.05) is 6.92 Å². The predicted octanol–water partition coefficient (Wildman–Crippen LogP) is 6.13. The zero-order valence-electron chi connectivity index (χ0n) is 29.4. The van der Waals surface area contributed by atoms with Gasteiger partial charge in [0, 0.05) is 20.6 Å². The average Bonchev–Trinajstić information content (AvgIpc) is 3.39. The van der Waals surface area contributed by atoms with Gasteiger partial charge in [-0.05, 0) is 91.8 Å². The van der Waals surface area contributed by atoms with Gasteiger partial charge in [0.1, 0.15) is 18.2 Å². The Morgan fingerprint density at radius 3 is 2.43 bits per heavy atom. The van der Waals surface area contributed by atoms with Gasteiger partial charge in [0.25, 0.3) is 0 Å². The van der Waals surface area contributed by atoms with Gasteiger partial charge in [0.15, 0.2) is 0 Å². The molecular formula is C35H60NO10P. The molecule has 0 aliphatic heterocycles. The van der Waals surface area contributed by atoms with Crippen molar-refractivity contribution in [3.8, 4) is 0 Å². The minimum atomic E-state index is -4.45. The Hall–Kier alpha value is -1.33. The molecule has 3 saturated carbocycles. The number of esters is 1. The van der Waals surface area contributed by atoms with Gasteiger partial charge in [-0.2, -0.15) is 0 Å². The third-order valence-electron chi connectivity index (χ3n) is 12.6. The van der Waals surface area contributed by atoms with E-state index in [1.165, 1.54) is 45.5 Å². The Morgan fingerprint density at radius 1 is 1.02 bits per heavy atom. The highest BCUT2D eigenvalue weighted by Crippen LogP contribution is 2.67. The summed E-state index contributed by atoms with van der Waals surface area (Å²) >= 11 is 0. The van der Waals surface area contributed by atoms with Crippen LogP contribution in [0.3, 0.4) is 0 Å². The summed E-state index contributed by atoms with van der Waals surface area (Å²) < 4.78 is 38.1. The van der Waals surface area contributed by atoms with Crippen LogP contribution in [0, 0.1) is 46.3 Å². The third kappa shape index (κ3) is 8.89. The van der Waals surface area contributed by atoms with Crippen molar-refractivity contribution in [2.24, 2.45) is 52.1 Å². The van der Waals surface area contributed by atoms with E-state index in [0.29, 0.717) is 41.4 Å². The molecule has 4 rings (SSSR count). The Bertz CT molecular complexity index is 1170. The molecule has 0 aromatic heterocycles. The summed E-state index contributed by atoms with van der Waals surface area (Å²) in [5.74, 6) is 1.68. The molecule has 12 atom stereocenters. The molecule has 0 radical (unpaired) electrons. The van der Waals surface area contributed by atoms with E-state index in [4.69, 9.17) is 29.0 Å². The topological polar surface area (TPSA) is 164 Å². The van der Waals surface area contributed by atoms with Crippen molar-refractivity contribution in [1.82, 2.24) is 0 Å². The van der Waals surface area contributed by atoms with Crippen molar-refractivity contribution in [1.29, 1.82) is 0 Å². The fourth-order valence-corrected chi connectivity index (χ4v) is 10.6. The molecule has 0 aromatic carbocycles. The van der Waals surface area contributed by atoms with E-state index in [-0.39, 0.29) is 30.7 Å². The maximum absolute atomic E-state index is 12.8. The second-order valence-electron chi connectivity index (χ2n) is 15.4. The molecule has 0 bridgehead atoms. The van der Waals surface area contributed by atoms with Crippen LogP contribution in [0.4, 0.5) is 0 Å². The lowest BCUT2D eigenvalue weighted by molar-refractivity contribution is -0.154. The minimum Gasteiger partial charge on any atom is -0.481 e. The van der Waals surface area contributed by atoms with Gasteiger partial charge in [-0.3, -0.25) is 18.6 Å². The van der Waals surface area contributed by atoms with Gasteiger partial charge in [-0.1, -0.05) is 52.2 Å². The van der Waals surface area contributed by atoms with Crippen LogP contribution in [0.25, 0.3) is 0 Å². The molecule has 0 aromatic rings. The number of aliphatic carboxylic acids is 1. The number of phosphoric acid groups is 1. The number of carboxylic acid groups (broad SMARTS) is 1. The smallest absolute Gasteiger partial charge is 0.472 e. The quantitative estimate of drug-likeness (QED) is 0.0917. The van der Waals surface area contributed by atoms with Crippen LogP contribution in [-0.2, 0) is 37.4 Å². The highest BCUT2D eigenvalue weighted by atomic mass is 31.2. The van der Waals surface area contributed by atoms with Crippen molar-refractivity contribution >= 4 is 19.8 Å². The maximum atomic E-state index is 12.8. The van der Waals surface area contributed by atoms with Crippen LogP contribution < -0.4 is 5.73 Å². The van der Waals surface area contributed by atoms with Crippen LogP contribution in [-0.4, -0.2) is 74.2 Å². The molecule has 4 N–H and O–H groups in total. The molecule has 0 saturated heterocycles. The van der Waals surface area contributed by atoms with Crippen LogP contribution in [0.15, 0.2) is 11.6 Å². The molecule has 0 heterocycles. The van der Waals surface area contributed by atoms with E-state index in [9.17, 15) is 24.2 Å². The number of methoxy groups -OCH3 is 2. The maximum Gasteiger partial charge on any atom is 0.472 e. The zero-order valence-corrected chi connectivity index (χ0v) is 30.3. The monoisotopic (exact) mass is 685 g/mol. The molecule has 4 aliphatic rings. The number of hydrogen-bond donors (Lipinski definition) is 3. The van der Waals surface area contributed by atoms with Crippen molar-refractivity contribution in [3.05, 3.63) is 11.6 Å². The highest BCUT2D eigenvalue weighted by Gasteiger charge is 2.59. The van der Waals surface area contributed by atoms with Crippen molar-refractivity contribution in [2.45, 2.75) is 117 Å². The van der Waals surface area contributed by atoms with E-state index < -0.39 is 38.5 Å². The molecule has 47 heavy (non-hydrogen) atoms. The molecular weight excluding hydrogens is 625 g/mol. The van der Waals surface area contributed by atoms with Gasteiger partial charge in [-0.25, -0.2) is 4.57 Å². The number of rotatable bonds is 17. The molecule has 3 fully saturated rings.